The number of methoxy groups -OCH3 is 1. The summed E-state index contributed by atoms with van der Waals surface area (Å²) in [7, 11) is 1.63. The van der Waals surface area contributed by atoms with Crippen LogP contribution in [-0.4, -0.2) is 66.0 Å². The van der Waals surface area contributed by atoms with Crippen molar-refractivity contribution >= 4 is 28.5 Å². The Kier molecular flexibility index (Phi) is 10.4. The van der Waals surface area contributed by atoms with E-state index in [0.717, 1.165) is 33.1 Å². The average Bonchev–Trinajstić information content (AvgIpc) is 3.50. The fourth-order valence-corrected chi connectivity index (χ4v) is 7.06. The number of hydrogen-bond donors (Lipinski definition) is 0. The predicted octanol–water partition coefficient (Wildman–Crippen LogP) is 7.62. The molecule has 260 valence electrons. The molecule has 3 heterocycles. The van der Waals surface area contributed by atoms with Crippen LogP contribution in [0.4, 0.5) is 14.3 Å². The maximum Gasteiger partial charge on any atom is 0.410 e. The van der Waals surface area contributed by atoms with E-state index in [1.54, 1.807) is 12.0 Å². The van der Waals surface area contributed by atoms with Crippen molar-refractivity contribution in [2.75, 3.05) is 31.6 Å². The molecular formula is C37H48FN3O6S. The zero-order valence-electron chi connectivity index (χ0n) is 29.6. The van der Waals surface area contributed by atoms with E-state index in [1.165, 1.54) is 11.3 Å². The van der Waals surface area contributed by atoms with Crippen molar-refractivity contribution in [1.82, 2.24) is 9.88 Å². The molecule has 0 unspecified atom stereocenters. The highest BCUT2D eigenvalue weighted by molar-refractivity contribution is 7.14. The van der Waals surface area contributed by atoms with E-state index < -0.39 is 11.2 Å². The molecule has 0 N–H and O–H groups in total. The number of fused-ring (bicyclic) bond motifs is 1. The summed E-state index contributed by atoms with van der Waals surface area (Å²) >= 11 is 1.53. The number of carbonyl (C=O) groups excluding carboxylic acids is 2. The minimum Gasteiger partial charge on any atom is -0.488 e. The monoisotopic (exact) mass is 681 g/mol. The number of aromatic nitrogens is 1. The van der Waals surface area contributed by atoms with Gasteiger partial charge in [0.1, 0.15) is 29.4 Å². The molecule has 0 bridgehead atoms. The van der Waals surface area contributed by atoms with Gasteiger partial charge in [0.15, 0.2) is 5.13 Å². The Morgan fingerprint density at radius 1 is 1.02 bits per heavy atom. The maximum atomic E-state index is 15.9. The van der Waals surface area contributed by atoms with Crippen molar-refractivity contribution in [3.05, 3.63) is 63.3 Å². The standard InChI is InChI=1S/C37H48FN3O6S/c1-22-10-11-30(45-20-24-17-23(2)28-18-41(15-12-25(28)32(24)38)35(43)47-37(6,7)8)27(16-22)29-21-48-34(39-29)40-14-13-26(31(19-40)44-9)33(42)46-36(3,4)5/h10-11,16-17,21,26,31H,12-15,18-20H2,1-9H3/t26-,31+/m1/s1. The first-order chi connectivity index (χ1) is 22.5. The molecule has 1 aromatic heterocycles. The van der Waals surface area contributed by atoms with E-state index in [-0.39, 0.29) is 36.5 Å². The van der Waals surface area contributed by atoms with Gasteiger partial charge in [0.2, 0.25) is 0 Å². The summed E-state index contributed by atoms with van der Waals surface area (Å²) in [5.41, 5.74) is 4.33. The van der Waals surface area contributed by atoms with E-state index in [0.29, 0.717) is 55.9 Å². The molecule has 0 spiro atoms. The topological polar surface area (TPSA) is 90.4 Å². The van der Waals surface area contributed by atoms with Gasteiger partial charge in [-0.25, -0.2) is 14.2 Å². The lowest BCUT2D eigenvalue weighted by Crippen LogP contribution is -2.49. The molecule has 2 aliphatic rings. The lowest BCUT2D eigenvalue weighted by molar-refractivity contribution is -0.165. The van der Waals surface area contributed by atoms with Gasteiger partial charge in [0.25, 0.3) is 0 Å². The van der Waals surface area contributed by atoms with Gasteiger partial charge >= 0.3 is 12.1 Å². The van der Waals surface area contributed by atoms with Crippen LogP contribution in [-0.2, 0) is 38.6 Å². The molecule has 5 rings (SSSR count). The van der Waals surface area contributed by atoms with Crippen molar-refractivity contribution in [3.63, 3.8) is 0 Å². The normalized spacial score (nSPS) is 18.4. The quantitative estimate of drug-likeness (QED) is 0.235. The Morgan fingerprint density at radius 3 is 2.44 bits per heavy atom. The first-order valence-corrected chi connectivity index (χ1v) is 17.4. The lowest BCUT2D eigenvalue weighted by atomic mass is 9.92. The summed E-state index contributed by atoms with van der Waals surface area (Å²) in [6, 6.07) is 7.71. The van der Waals surface area contributed by atoms with Crippen LogP contribution in [0.25, 0.3) is 11.3 Å². The molecule has 0 radical (unpaired) electrons. The molecule has 11 heteroatoms. The van der Waals surface area contributed by atoms with Crippen molar-refractivity contribution in [2.45, 2.75) is 98.7 Å². The minimum atomic E-state index is -0.596. The van der Waals surface area contributed by atoms with Crippen LogP contribution in [0.15, 0.2) is 29.6 Å². The van der Waals surface area contributed by atoms with Gasteiger partial charge in [-0.3, -0.25) is 4.79 Å². The van der Waals surface area contributed by atoms with Gasteiger partial charge in [0, 0.05) is 49.8 Å². The van der Waals surface area contributed by atoms with E-state index in [1.807, 2.05) is 85.0 Å². The Balaban J connectivity index is 1.30. The summed E-state index contributed by atoms with van der Waals surface area (Å²) in [4.78, 5) is 34.3. The number of halogens is 1. The van der Waals surface area contributed by atoms with Crippen LogP contribution in [0.2, 0.25) is 0 Å². The number of ether oxygens (including phenoxy) is 4. The molecule has 2 aromatic carbocycles. The number of rotatable bonds is 7. The Morgan fingerprint density at radius 2 is 1.75 bits per heavy atom. The summed E-state index contributed by atoms with van der Waals surface area (Å²) in [5.74, 6) is -0.241. The molecule has 1 saturated heterocycles. The molecule has 3 aromatic rings. The summed E-state index contributed by atoms with van der Waals surface area (Å²) in [6.45, 7) is 17.0. The minimum absolute atomic E-state index is 0.0521. The van der Waals surface area contributed by atoms with Gasteiger partial charge < -0.3 is 28.7 Å². The van der Waals surface area contributed by atoms with E-state index >= 15 is 4.39 Å². The number of piperidine rings is 1. The van der Waals surface area contributed by atoms with Crippen molar-refractivity contribution in [1.29, 1.82) is 0 Å². The van der Waals surface area contributed by atoms with Crippen LogP contribution in [0.3, 0.4) is 0 Å². The van der Waals surface area contributed by atoms with Gasteiger partial charge in [-0.1, -0.05) is 11.6 Å². The smallest absolute Gasteiger partial charge is 0.410 e. The highest BCUT2D eigenvalue weighted by atomic mass is 32.1. The fraction of sp³-hybridized carbons (Fsp3) is 0.541. The molecular weight excluding hydrogens is 633 g/mol. The number of carbonyl (C=O) groups is 2. The molecule has 0 aliphatic carbocycles. The van der Waals surface area contributed by atoms with Crippen molar-refractivity contribution in [3.8, 4) is 17.0 Å². The van der Waals surface area contributed by atoms with Crippen molar-refractivity contribution in [2.24, 2.45) is 5.92 Å². The average molecular weight is 682 g/mol. The van der Waals surface area contributed by atoms with Crippen LogP contribution in [0, 0.1) is 25.6 Å². The Labute approximate surface area is 287 Å². The second kappa shape index (κ2) is 14.0. The van der Waals surface area contributed by atoms with Crippen LogP contribution in [0.1, 0.15) is 75.8 Å². The number of hydrogen-bond acceptors (Lipinski definition) is 9. The predicted molar refractivity (Wildman–Crippen MR) is 185 cm³/mol. The SMILES string of the molecule is CO[C@H]1CN(c2nc(-c3cc(C)ccc3OCc3cc(C)c4c(c3F)CCN(C(=O)OC(C)(C)C)C4)cs2)CC[C@H]1C(=O)OC(C)(C)C. The van der Waals surface area contributed by atoms with Gasteiger partial charge in [-0.15, -0.1) is 11.3 Å². The third-order valence-corrected chi connectivity index (χ3v) is 9.44. The Hall–Kier alpha value is -3.70. The van der Waals surface area contributed by atoms with E-state index in [2.05, 4.69) is 4.90 Å². The van der Waals surface area contributed by atoms with Crippen LogP contribution in [0.5, 0.6) is 5.75 Å². The number of anilines is 1. The molecule has 9 nitrogen and oxygen atoms in total. The zero-order valence-corrected chi connectivity index (χ0v) is 30.4. The van der Waals surface area contributed by atoms with E-state index in [9.17, 15) is 9.59 Å². The molecule has 48 heavy (non-hydrogen) atoms. The summed E-state index contributed by atoms with van der Waals surface area (Å²) in [6.07, 6.45) is 0.313. The molecule has 0 saturated carbocycles. The van der Waals surface area contributed by atoms with Gasteiger partial charge in [-0.05, 0) is 103 Å². The summed E-state index contributed by atoms with van der Waals surface area (Å²) < 4.78 is 39.1. The molecule has 2 aliphatic heterocycles. The lowest BCUT2D eigenvalue weighted by Gasteiger charge is -2.37. The third-order valence-electron chi connectivity index (χ3n) is 8.54. The number of benzene rings is 2. The number of nitrogens with zero attached hydrogens (tertiary/aromatic N) is 3. The number of esters is 1. The van der Waals surface area contributed by atoms with Crippen LogP contribution >= 0.6 is 11.3 Å². The highest BCUT2D eigenvalue weighted by Crippen LogP contribution is 2.37. The summed E-state index contributed by atoms with van der Waals surface area (Å²) in [5, 5.41) is 2.83. The number of amides is 1. The van der Waals surface area contributed by atoms with E-state index in [4.69, 9.17) is 23.9 Å². The second-order valence-corrected chi connectivity index (χ2v) is 15.6. The van der Waals surface area contributed by atoms with Gasteiger partial charge in [-0.2, -0.15) is 0 Å². The first kappa shape index (κ1) is 35.6. The molecule has 1 fully saturated rings. The van der Waals surface area contributed by atoms with Crippen molar-refractivity contribution < 1.29 is 32.9 Å². The largest absolute Gasteiger partial charge is 0.488 e. The first-order valence-electron chi connectivity index (χ1n) is 16.5. The maximum absolute atomic E-state index is 15.9. The fourth-order valence-electron chi connectivity index (χ4n) is 6.20. The van der Waals surface area contributed by atoms with Gasteiger partial charge in [0.05, 0.1) is 17.7 Å². The van der Waals surface area contributed by atoms with Crippen LogP contribution < -0.4 is 9.64 Å². The highest BCUT2D eigenvalue weighted by Gasteiger charge is 2.38. The zero-order chi connectivity index (χ0) is 35.0. The number of aryl methyl sites for hydroxylation is 2. The molecule has 2 atom stereocenters. The number of thiazole rings is 1. The second-order valence-electron chi connectivity index (χ2n) is 14.7. The third kappa shape index (κ3) is 8.29. The Bertz CT molecular complexity index is 1660. The molecule has 1 amide bonds.